The van der Waals surface area contributed by atoms with E-state index in [1.54, 1.807) is 12.1 Å². The largest absolute Gasteiger partial charge is 0.417 e. The Balaban J connectivity index is 1.66. The third-order valence-electron chi connectivity index (χ3n) is 6.84. The van der Waals surface area contributed by atoms with E-state index in [1.807, 2.05) is 0 Å². The Morgan fingerprint density at radius 3 is 2.31 bits per heavy atom. The van der Waals surface area contributed by atoms with Gasteiger partial charge >= 0.3 is 12.2 Å². The first-order valence-electron chi connectivity index (χ1n) is 13.0. The lowest BCUT2D eigenvalue weighted by Gasteiger charge is -2.28. The number of urea groups is 1. The zero-order valence-corrected chi connectivity index (χ0v) is 25.0. The molecule has 0 atom stereocenters. The maximum Gasteiger partial charge on any atom is 0.417 e. The molecule has 3 amide bonds. The molecule has 1 fully saturated rings. The maximum absolute atomic E-state index is 15.1. The minimum absolute atomic E-state index is 0.157. The first kappa shape index (κ1) is 32.9. The zero-order chi connectivity index (χ0) is 33.5. The predicted octanol–water partition coefficient (Wildman–Crippen LogP) is 5.62. The average molecular weight is 649 g/mol. The Kier molecular flexibility index (Phi) is 8.62. The first-order valence-corrected chi connectivity index (χ1v) is 14.4. The molecule has 0 spiro atoms. The van der Waals surface area contributed by atoms with Crippen molar-refractivity contribution in [3.05, 3.63) is 82.9 Å². The number of hydrogen-bond donors (Lipinski definition) is 1. The lowest BCUT2D eigenvalue weighted by molar-refractivity contribution is -0.137. The summed E-state index contributed by atoms with van der Waals surface area (Å²) >= 11 is 0. The van der Waals surface area contributed by atoms with Gasteiger partial charge in [0.25, 0.3) is 15.9 Å². The predicted molar refractivity (Wildman–Crippen MR) is 154 cm³/mol. The summed E-state index contributed by atoms with van der Waals surface area (Å²) in [6.07, 6.45) is -4.01. The molecule has 3 aromatic rings. The van der Waals surface area contributed by atoms with Crippen LogP contribution >= 0.6 is 0 Å². The van der Waals surface area contributed by atoms with E-state index < -0.39 is 67.0 Å². The Morgan fingerprint density at radius 1 is 1.02 bits per heavy atom. The van der Waals surface area contributed by atoms with E-state index in [0.717, 1.165) is 23.4 Å². The van der Waals surface area contributed by atoms with Crippen molar-refractivity contribution in [1.29, 1.82) is 5.26 Å². The van der Waals surface area contributed by atoms with Gasteiger partial charge in [0.1, 0.15) is 28.4 Å². The number of para-hydroxylation sites is 1. The number of nitriles is 1. The number of halogens is 5. The van der Waals surface area contributed by atoms with E-state index in [4.69, 9.17) is 5.26 Å². The highest BCUT2D eigenvalue weighted by atomic mass is 32.2. The Hall–Kier alpha value is -5.04. The van der Waals surface area contributed by atoms with Gasteiger partial charge in [-0.15, -0.1) is 4.40 Å². The van der Waals surface area contributed by atoms with Crippen LogP contribution in [0.3, 0.4) is 0 Å². The van der Waals surface area contributed by atoms with Crippen LogP contribution < -0.4 is 10.2 Å². The first-order chi connectivity index (χ1) is 20.9. The number of amides is 3. The van der Waals surface area contributed by atoms with Gasteiger partial charge in [0.15, 0.2) is 0 Å². The van der Waals surface area contributed by atoms with Crippen LogP contribution in [0.2, 0.25) is 0 Å². The molecule has 16 heteroatoms. The molecule has 236 valence electrons. The molecule has 0 unspecified atom stereocenters. The van der Waals surface area contributed by atoms with Crippen LogP contribution in [0.1, 0.15) is 30.5 Å². The number of anilines is 3. The summed E-state index contributed by atoms with van der Waals surface area (Å²) in [5.74, 6) is -3.26. The van der Waals surface area contributed by atoms with Gasteiger partial charge in [0.05, 0.1) is 35.1 Å². The summed E-state index contributed by atoms with van der Waals surface area (Å²) in [5.41, 5.74) is -3.93. The highest BCUT2D eigenvalue weighted by molar-refractivity contribution is 7.90. The zero-order valence-electron chi connectivity index (χ0n) is 24.1. The van der Waals surface area contributed by atoms with E-state index >= 15 is 4.39 Å². The fourth-order valence-corrected chi connectivity index (χ4v) is 5.45. The molecule has 0 saturated carbocycles. The van der Waals surface area contributed by atoms with Crippen molar-refractivity contribution in [3.63, 3.8) is 0 Å². The van der Waals surface area contributed by atoms with Gasteiger partial charge in [0, 0.05) is 25.8 Å². The number of imide groups is 1. The van der Waals surface area contributed by atoms with E-state index in [2.05, 4.69) is 9.71 Å². The number of alkyl halides is 3. The molecule has 0 bridgehead atoms. The molecule has 3 aromatic carbocycles. The Morgan fingerprint density at radius 2 is 1.69 bits per heavy atom. The molecular weight excluding hydrogens is 623 g/mol. The van der Waals surface area contributed by atoms with E-state index in [0.29, 0.717) is 28.7 Å². The van der Waals surface area contributed by atoms with Crippen molar-refractivity contribution in [1.82, 2.24) is 9.80 Å². The van der Waals surface area contributed by atoms with Gasteiger partial charge in [-0.3, -0.25) is 4.79 Å². The minimum Gasteiger partial charge on any atom is -0.368 e. The summed E-state index contributed by atoms with van der Waals surface area (Å²) in [7, 11) is -1.59. The standard InChI is InChI=1S/C29H25F5N6O4S/c1-28(2)26(41)40(19-10-9-17(14-35)20(11-19)29(32,33)34)27(42)39(28)15-18-7-5-6-8-23(18)37-24-12-22(31)25(13-21(24)30)45(43,44)36-16-38(3)4/h5-13,16,37H,15H2,1-4H3/b36-16+. The second-order valence-electron chi connectivity index (χ2n) is 10.6. The smallest absolute Gasteiger partial charge is 0.368 e. The van der Waals surface area contributed by atoms with Crippen molar-refractivity contribution in [2.45, 2.75) is 37.0 Å². The molecule has 4 rings (SSSR count). The molecule has 0 radical (unpaired) electrons. The van der Waals surface area contributed by atoms with Crippen LogP contribution in [0, 0.1) is 23.0 Å². The Bertz CT molecular complexity index is 1870. The normalized spacial score (nSPS) is 15.1. The monoisotopic (exact) mass is 648 g/mol. The fourth-order valence-electron chi connectivity index (χ4n) is 4.46. The second kappa shape index (κ2) is 11.8. The van der Waals surface area contributed by atoms with Crippen molar-refractivity contribution >= 4 is 45.4 Å². The number of carbonyl (C=O) groups is 2. The summed E-state index contributed by atoms with van der Waals surface area (Å²) in [5, 5.41) is 11.8. The summed E-state index contributed by atoms with van der Waals surface area (Å²) in [4.78, 5) is 28.9. The summed E-state index contributed by atoms with van der Waals surface area (Å²) in [6.45, 7) is 2.49. The van der Waals surface area contributed by atoms with Crippen LogP contribution in [-0.2, 0) is 27.5 Å². The molecule has 0 aromatic heterocycles. The van der Waals surface area contributed by atoms with Crippen LogP contribution in [0.15, 0.2) is 63.9 Å². The number of nitrogens with zero attached hydrogens (tertiary/aromatic N) is 5. The molecule has 1 N–H and O–H groups in total. The fraction of sp³-hybridized carbons (Fsp3) is 0.241. The lowest BCUT2D eigenvalue weighted by atomic mass is 10.0. The third-order valence-corrected chi connectivity index (χ3v) is 8.08. The van der Waals surface area contributed by atoms with Crippen LogP contribution in [0.5, 0.6) is 0 Å². The molecule has 45 heavy (non-hydrogen) atoms. The van der Waals surface area contributed by atoms with Gasteiger partial charge in [0.2, 0.25) is 0 Å². The van der Waals surface area contributed by atoms with E-state index in [1.165, 1.54) is 51.0 Å². The number of carbonyl (C=O) groups excluding carboxylic acids is 2. The molecular formula is C29H25F5N6O4S. The number of sulfonamides is 1. The number of hydrogen-bond acceptors (Lipinski definition) is 6. The molecule has 1 aliphatic heterocycles. The molecule has 1 saturated heterocycles. The topological polar surface area (TPSA) is 126 Å². The molecule has 1 heterocycles. The minimum atomic E-state index is -4.93. The number of benzene rings is 3. The van der Waals surface area contributed by atoms with Gasteiger partial charge in [-0.25, -0.2) is 18.5 Å². The number of rotatable bonds is 8. The molecule has 10 nitrogen and oxygen atoms in total. The van der Waals surface area contributed by atoms with Gasteiger partial charge in [-0.1, -0.05) is 18.2 Å². The molecule has 0 aliphatic carbocycles. The quantitative estimate of drug-likeness (QED) is 0.145. The van der Waals surface area contributed by atoms with Crippen molar-refractivity contribution in [2.24, 2.45) is 4.40 Å². The van der Waals surface area contributed by atoms with Crippen molar-refractivity contribution < 1.29 is 40.0 Å². The highest BCUT2D eigenvalue weighted by Gasteiger charge is 2.52. The van der Waals surface area contributed by atoms with Crippen LogP contribution in [-0.4, -0.2) is 56.1 Å². The van der Waals surface area contributed by atoms with E-state index in [9.17, 15) is 35.6 Å². The van der Waals surface area contributed by atoms with E-state index in [-0.39, 0.29) is 17.9 Å². The third kappa shape index (κ3) is 6.43. The summed E-state index contributed by atoms with van der Waals surface area (Å²) in [6, 6.07) is 10.2. The van der Waals surface area contributed by atoms with Gasteiger partial charge in [-0.2, -0.15) is 26.9 Å². The maximum atomic E-state index is 15.1. The Labute approximate surface area is 255 Å². The lowest BCUT2D eigenvalue weighted by Crippen LogP contribution is -2.43. The summed E-state index contributed by atoms with van der Waals surface area (Å²) < 4.78 is 98.8. The van der Waals surface area contributed by atoms with Crippen molar-refractivity contribution in [3.8, 4) is 6.07 Å². The average Bonchev–Trinajstić information content (AvgIpc) is 3.12. The SMILES string of the molecule is CN(C)/C=N/S(=O)(=O)c1cc(F)c(Nc2ccccc2CN2C(=O)N(c3ccc(C#N)c(C(F)(F)F)c3)C(=O)C2(C)C)cc1F. The molecule has 1 aliphatic rings. The van der Waals surface area contributed by atoms with Crippen molar-refractivity contribution in [2.75, 3.05) is 24.3 Å². The van der Waals surface area contributed by atoms with Crippen LogP contribution in [0.4, 0.5) is 43.8 Å². The number of nitrogens with one attached hydrogen (secondary N) is 1. The van der Waals surface area contributed by atoms with Gasteiger partial charge in [-0.05, 0) is 49.7 Å². The van der Waals surface area contributed by atoms with Gasteiger partial charge < -0.3 is 15.1 Å². The highest BCUT2D eigenvalue weighted by Crippen LogP contribution is 2.39. The van der Waals surface area contributed by atoms with Crippen LogP contribution in [0.25, 0.3) is 0 Å². The second-order valence-corrected chi connectivity index (χ2v) is 12.2.